The topological polar surface area (TPSA) is 65.8 Å². The quantitative estimate of drug-likeness (QED) is 0.843. The van der Waals surface area contributed by atoms with Crippen molar-refractivity contribution in [2.24, 2.45) is 5.92 Å². The first kappa shape index (κ1) is 12.2. The maximum atomic E-state index is 11.7. The van der Waals surface area contributed by atoms with Crippen LogP contribution >= 0.6 is 0 Å². The van der Waals surface area contributed by atoms with Crippen molar-refractivity contribution in [2.45, 2.75) is 27.2 Å². The molecule has 4 nitrogen and oxygen atoms in total. The molecule has 1 aromatic rings. The molecule has 0 spiro atoms. The number of hydrogen-bond acceptors (Lipinski definition) is 3. The van der Waals surface area contributed by atoms with E-state index in [2.05, 4.69) is 10.3 Å². The lowest BCUT2D eigenvalue weighted by Crippen LogP contribution is -2.21. The monoisotopic (exact) mass is 217 g/mol. The summed E-state index contributed by atoms with van der Waals surface area (Å²) in [6.07, 6.45) is 0.515. The Morgan fingerprint density at radius 1 is 1.56 bits per heavy atom. The molecule has 0 radical (unpaired) electrons. The van der Waals surface area contributed by atoms with Crippen molar-refractivity contribution in [1.29, 1.82) is 5.26 Å². The van der Waals surface area contributed by atoms with E-state index in [0.717, 1.165) is 11.4 Å². The molecular weight excluding hydrogens is 202 g/mol. The van der Waals surface area contributed by atoms with Gasteiger partial charge in [0.25, 0.3) is 0 Å². The zero-order chi connectivity index (χ0) is 12.1. The van der Waals surface area contributed by atoms with Gasteiger partial charge in [-0.25, -0.2) is 0 Å². The van der Waals surface area contributed by atoms with Crippen molar-refractivity contribution in [2.75, 3.05) is 5.32 Å². The minimum Gasteiger partial charge on any atom is -0.323 e. The number of nitrogens with one attached hydrogen (secondary N) is 1. The summed E-state index contributed by atoms with van der Waals surface area (Å²) in [6, 6.07) is 5.60. The summed E-state index contributed by atoms with van der Waals surface area (Å²) in [5.74, 6) is -0.862. The van der Waals surface area contributed by atoms with Gasteiger partial charge in [-0.2, -0.15) is 5.26 Å². The molecule has 0 aromatic carbocycles. The molecule has 1 atom stereocenters. The maximum Gasteiger partial charge on any atom is 0.241 e. The molecule has 1 rings (SSSR count). The summed E-state index contributed by atoms with van der Waals surface area (Å²) in [7, 11) is 0. The highest BCUT2D eigenvalue weighted by atomic mass is 16.1. The van der Waals surface area contributed by atoms with Gasteiger partial charge in [0.15, 0.2) is 0 Å². The van der Waals surface area contributed by atoms with Gasteiger partial charge < -0.3 is 5.32 Å². The highest BCUT2D eigenvalue weighted by Crippen LogP contribution is 2.14. The SMILES string of the molecule is CCC(C#N)C(=O)Nc1ccc(C)nc1C. The number of rotatable bonds is 3. The standard InChI is InChI=1S/C12H15N3O/c1-4-10(7-13)12(16)15-11-6-5-8(2)14-9(11)3/h5-6,10H,4H2,1-3H3,(H,15,16). The Labute approximate surface area is 95.3 Å². The fourth-order valence-corrected chi connectivity index (χ4v) is 1.37. The largest absolute Gasteiger partial charge is 0.323 e. The zero-order valence-electron chi connectivity index (χ0n) is 9.74. The molecule has 0 saturated carbocycles. The lowest BCUT2D eigenvalue weighted by atomic mass is 10.1. The van der Waals surface area contributed by atoms with E-state index in [-0.39, 0.29) is 5.91 Å². The average Bonchev–Trinajstić information content (AvgIpc) is 2.24. The van der Waals surface area contributed by atoms with Crippen LogP contribution in [0.25, 0.3) is 0 Å². The maximum absolute atomic E-state index is 11.7. The number of carbonyl (C=O) groups excluding carboxylic acids is 1. The van der Waals surface area contributed by atoms with E-state index in [0.29, 0.717) is 12.1 Å². The molecular formula is C12H15N3O. The Morgan fingerprint density at radius 2 is 2.25 bits per heavy atom. The van der Waals surface area contributed by atoms with Crippen LogP contribution in [0, 0.1) is 31.1 Å². The number of nitrogens with zero attached hydrogens (tertiary/aromatic N) is 2. The van der Waals surface area contributed by atoms with Crippen LogP contribution < -0.4 is 5.32 Å². The third-order valence-electron chi connectivity index (χ3n) is 2.36. The van der Waals surface area contributed by atoms with Gasteiger partial charge in [-0.15, -0.1) is 0 Å². The van der Waals surface area contributed by atoms with Gasteiger partial charge in [0.05, 0.1) is 17.5 Å². The summed E-state index contributed by atoms with van der Waals surface area (Å²) in [4.78, 5) is 15.9. The van der Waals surface area contributed by atoms with Gasteiger partial charge in [0.1, 0.15) is 5.92 Å². The highest BCUT2D eigenvalue weighted by molar-refractivity contribution is 5.94. The fraction of sp³-hybridized carbons (Fsp3) is 0.417. The molecule has 84 valence electrons. The molecule has 1 aromatic heterocycles. The van der Waals surface area contributed by atoms with Crippen LogP contribution in [-0.2, 0) is 4.79 Å². The molecule has 0 saturated heterocycles. The Morgan fingerprint density at radius 3 is 2.75 bits per heavy atom. The van der Waals surface area contributed by atoms with Crippen LogP contribution in [0.3, 0.4) is 0 Å². The van der Waals surface area contributed by atoms with E-state index < -0.39 is 5.92 Å². The van der Waals surface area contributed by atoms with Crippen molar-refractivity contribution >= 4 is 11.6 Å². The molecule has 0 aliphatic heterocycles. The molecule has 0 fully saturated rings. The first-order valence-electron chi connectivity index (χ1n) is 5.23. The Kier molecular flexibility index (Phi) is 4.01. The lowest BCUT2D eigenvalue weighted by Gasteiger charge is -2.10. The van der Waals surface area contributed by atoms with E-state index in [1.165, 1.54) is 0 Å². The third-order valence-corrected chi connectivity index (χ3v) is 2.36. The van der Waals surface area contributed by atoms with Crippen LogP contribution in [0.15, 0.2) is 12.1 Å². The summed E-state index contributed by atoms with van der Waals surface area (Å²) >= 11 is 0. The summed E-state index contributed by atoms with van der Waals surface area (Å²) < 4.78 is 0. The highest BCUT2D eigenvalue weighted by Gasteiger charge is 2.16. The lowest BCUT2D eigenvalue weighted by molar-refractivity contribution is -0.118. The fourth-order valence-electron chi connectivity index (χ4n) is 1.37. The normalized spacial score (nSPS) is 11.6. The number of aromatic nitrogens is 1. The van der Waals surface area contributed by atoms with E-state index in [4.69, 9.17) is 5.26 Å². The molecule has 1 heterocycles. The zero-order valence-corrected chi connectivity index (χ0v) is 9.74. The van der Waals surface area contributed by atoms with E-state index >= 15 is 0 Å². The van der Waals surface area contributed by atoms with Crippen LogP contribution in [0.4, 0.5) is 5.69 Å². The van der Waals surface area contributed by atoms with Crippen LogP contribution in [0.2, 0.25) is 0 Å². The molecule has 0 aliphatic rings. The summed E-state index contributed by atoms with van der Waals surface area (Å²) in [6.45, 7) is 5.53. The summed E-state index contributed by atoms with van der Waals surface area (Å²) in [5.41, 5.74) is 2.34. The Hall–Kier alpha value is -1.89. The van der Waals surface area contributed by atoms with Crippen molar-refractivity contribution in [3.63, 3.8) is 0 Å². The van der Waals surface area contributed by atoms with Crippen molar-refractivity contribution in [3.8, 4) is 6.07 Å². The molecule has 4 heteroatoms. The average molecular weight is 217 g/mol. The van der Waals surface area contributed by atoms with Crippen LogP contribution in [-0.4, -0.2) is 10.9 Å². The smallest absolute Gasteiger partial charge is 0.241 e. The van der Waals surface area contributed by atoms with Gasteiger partial charge in [-0.1, -0.05) is 6.92 Å². The van der Waals surface area contributed by atoms with Gasteiger partial charge >= 0.3 is 0 Å². The predicted octanol–water partition coefficient (Wildman–Crippen LogP) is 2.19. The second-order valence-electron chi connectivity index (χ2n) is 3.66. The number of hydrogen-bond donors (Lipinski definition) is 1. The number of aryl methyl sites for hydroxylation is 2. The third kappa shape index (κ3) is 2.80. The molecule has 16 heavy (non-hydrogen) atoms. The number of amides is 1. The van der Waals surface area contributed by atoms with Crippen molar-refractivity contribution in [1.82, 2.24) is 4.98 Å². The number of pyridine rings is 1. The van der Waals surface area contributed by atoms with E-state index in [1.54, 1.807) is 6.07 Å². The second kappa shape index (κ2) is 5.26. The minimum atomic E-state index is -0.597. The van der Waals surface area contributed by atoms with Gasteiger partial charge in [0.2, 0.25) is 5.91 Å². The van der Waals surface area contributed by atoms with Crippen molar-refractivity contribution < 1.29 is 4.79 Å². The van der Waals surface area contributed by atoms with Crippen molar-refractivity contribution in [3.05, 3.63) is 23.5 Å². The van der Waals surface area contributed by atoms with E-state index in [9.17, 15) is 4.79 Å². The van der Waals surface area contributed by atoms with Crippen LogP contribution in [0.5, 0.6) is 0 Å². The Bertz CT molecular complexity index is 434. The first-order valence-corrected chi connectivity index (χ1v) is 5.23. The van der Waals surface area contributed by atoms with E-state index in [1.807, 2.05) is 32.9 Å². The van der Waals surface area contributed by atoms with Crippen LogP contribution in [0.1, 0.15) is 24.7 Å². The van der Waals surface area contributed by atoms with Gasteiger partial charge in [-0.05, 0) is 32.4 Å². The first-order chi connectivity index (χ1) is 7.58. The molecule has 1 amide bonds. The summed E-state index contributed by atoms with van der Waals surface area (Å²) in [5, 5.41) is 11.5. The minimum absolute atomic E-state index is 0.265. The molecule has 0 aliphatic carbocycles. The molecule has 0 bridgehead atoms. The second-order valence-corrected chi connectivity index (χ2v) is 3.66. The van der Waals surface area contributed by atoms with Gasteiger partial charge in [0, 0.05) is 5.69 Å². The number of anilines is 1. The number of carbonyl (C=O) groups is 1. The predicted molar refractivity (Wildman–Crippen MR) is 61.7 cm³/mol. The van der Waals surface area contributed by atoms with Gasteiger partial charge in [-0.3, -0.25) is 9.78 Å². The Balaban J connectivity index is 2.81. The molecule has 1 N–H and O–H groups in total. The number of nitriles is 1. The molecule has 1 unspecified atom stereocenters.